The predicted molar refractivity (Wildman–Crippen MR) is 126 cm³/mol. The van der Waals surface area contributed by atoms with Crippen molar-refractivity contribution in [3.05, 3.63) is 70.8 Å². The summed E-state index contributed by atoms with van der Waals surface area (Å²) in [5.41, 5.74) is 8.04. The maximum absolute atomic E-state index is 12.2. The van der Waals surface area contributed by atoms with Gasteiger partial charge in [-0.25, -0.2) is 0 Å². The van der Waals surface area contributed by atoms with Gasteiger partial charge in [0.05, 0.1) is 0 Å². The molecule has 0 fully saturated rings. The van der Waals surface area contributed by atoms with E-state index >= 15 is 0 Å². The van der Waals surface area contributed by atoms with E-state index in [9.17, 15) is 14.7 Å². The van der Waals surface area contributed by atoms with Crippen molar-refractivity contribution in [2.24, 2.45) is 0 Å². The fourth-order valence-corrected chi connectivity index (χ4v) is 3.21. The minimum atomic E-state index is -0.396. The average molecular weight is 423 g/mol. The Balaban J connectivity index is 1.99. The summed E-state index contributed by atoms with van der Waals surface area (Å²) in [6.45, 7) is 12.4. The first kappa shape index (κ1) is 24.2. The van der Waals surface area contributed by atoms with Crippen molar-refractivity contribution in [1.82, 2.24) is 10.9 Å². The Morgan fingerprint density at radius 3 is 1.97 bits per heavy atom. The molecular weight excluding hydrogens is 388 g/mol. The van der Waals surface area contributed by atoms with E-state index < -0.39 is 5.91 Å². The van der Waals surface area contributed by atoms with Crippen molar-refractivity contribution in [3.8, 4) is 5.75 Å². The van der Waals surface area contributed by atoms with Gasteiger partial charge in [-0.2, -0.15) is 0 Å². The first-order chi connectivity index (χ1) is 14.4. The van der Waals surface area contributed by atoms with Gasteiger partial charge in [0.15, 0.2) is 0 Å². The van der Waals surface area contributed by atoms with Gasteiger partial charge >= 0.3 is 0 Å². The van der Waals surface area contributed by atoms with Crippen molar-refractivity contribution < 1.29 is 14.7 Å². The highest BCUT2D eigenvalue weighted by Gasteiger charge is 2.26. The summed E-state index contributed by atoms with van der Waals surface area (Å²) in [4.78, 5) is 24.1. The van der Waals surface area contributed by atoms with Gasteiger partial charge in [-0.1, -0.05) is 84.0 Å². The molecule has 5 heteroatoms. The van der Waals surface area contributed by atoms with E-state index in [4.69, 9.17) is 0 Å². The molecule has 3 N–H and O–H groups in total. The summed E-state index contributed by atoms with van der Waals surface area (Å²) in [6.07, 6.45) is 3.79. The quantitative estimate of drug-likeness (QED) is 0.479. The Bertz CT molecular complexity index is 914. The zero-order valence-corrected chi connectivity index (χ0v) is 19.4. The minimum Gasteiger partial charge on any atom is -0.507 e. The number of amides is 2. The third kappa shape index (κ3) is 7.28. The molecule has 31 heavy (non-hydrogen) atoms. The number of benzene rings is 2. The van der Waals surface area contributed by atoms with Gasteiger partial charge in [0.2, 0.25) is 5.91 Å². The molecular formula is C26H34N2O3. The number of hydrogen-bond donors (Lipinski definition) is 3. The minimum absolute atomic E-state index is 0.221. The molecule has 0 aliphatic rings. The third-order valence-electron chi connectivity index (χ3n) is 4.98. The molecule has 2 aromatic rings. The predicted octanol–water partition coefficient (Wildman–Crippen LogP) is 4.78. The summed E-state index contributed by atoms with van der Waals surface area (Å²) in [5.74, 6) is -0.346. The van der Waals surface area contributed by atoms with Crippen LogP contribution in [0, 0.1) is 0 Å². The maximum Gasteiger partial charge on any atom is 0.262 e. The highest BCUT2D eigenvalue weighted by Crippen LogP contribution is 2.39. The number of carbonyl (C=O) groups excluding carboxylic acids is 2. The smallest absolute Gasteiger partial charge is 0.262 e. The second-order valence-electron chi connectivity index (χ2n) is 9.82. The van der Waals surface area contributed by atoms with E-state index in [0.29, 0.717) is 12.2 Å². The summed E-state index contributed by atoms with van der Waals surface area (Å²) in [6, 6.07) is 13.4. The van der Waals surface area contributed by atoms with Crippen molar-refractivity contribution in [1.29, 1.82) is 0 Å². The van der Waals surface area contributed by atoms with E-state index in [0.717, 1.165) is 22.3 Å². The van der Waals surface area contributed by atoms with Crippen LogP contribution in [0.1, 0.15) is 70.2 Å². The molecule has 0 aliphatic heterocycles. The molecule has 0 unspecified atom stereocenters. The van der Waals surface area contributed by atoms with Crippen molar-refractivity contribution in [2.45, 2.75) is 65.2 Å². The van der Waals surface area contributed by atoms with Crippen LogP contribution in [0.25, 0.3) is 6.08 Å². The maximum atomic E-state index is 12.2. The number of phenolic OH excluding ortho intramolecular Hbond substituents is 1. The number of hydrogen-bond acceptors (Lipinski definition) is 3. The molecule has 2 amide bonds. The highest BCUT2D eigenvalue weighted by molar-refractivity contribution is 5.93. The zero-order valence-electron chi connectivity index (χ0n) is 19.4. The Morgan fingerprint density at radius 1 is 0.903 bits per heavy atom. The molecule has 0 aliphatic carbocycles. The van der Waals surface area contributed by atoms with Gasteiger partial charge < -0.3 is 5.11 Å². The molecule has 0 heterocycles. The van der Waals surface area contributed by atoms with E-state index in [-0.39, 0.29) is 23.2 Å². The summed E-state index contributed by atoms with van der Waals surface area (Å²) < 4.78 is 0. The Hall–Kier alpha value is -3.08. The largest absolute Gasteiger partial charge is 0.507 e. The fraction of sp³-hybridized carbons (Fsp3) is 0.385. The first-order valence-electron chi connectivity index (χ1n) is 10.6. The van der Waals surface area contributed by atoms with Gasteiger partial charge in [-0.3, -0.25) is 20.4 Å². The van der Waals surface area contributed by atoms with Crippen LogP contribution in [0.5, 0.6) is 5.75 Å². The van der Waals surface area contributed by atoms with Crippen LogP contribution in [0.4, 0.5) is 0 Å². The molecule has 0 atom stereocenters. The van der Waals surface area contributed by atoms with Crippen LogP contribution in [0.15, 0.2) is 48.5 Å². The summed E-state index contributed by atoms with van der Waals surface area (Å²) in [7, 11) is 0. The van der Waals surface area contributed by atoms with Crippen LogP contribution in [-0.2, 0) is 26.8 Å². The van der Waals surface area contributed by atoms with Gasteiger partial charge in [0.1, 0.15) is 5.75 Å². The lowest BCUT2D eigenvalue weighted by Crippen LogP contribution is -2.40. The number of phenols is 1. The second kappa shape index (κ2) is 9.82. The Labute approximate surface area is 185 Å². The molecule has 0 spiro atoms. The Kier molecular flexibility index (Phi) is 7.66. The van der Waals surface area contributed by atoms with Crippen LogP contribution >= 0.6 is 0 Å². The van der Waals surface area contributed by atoms with Crippen molar-refractivity contribution >= 4 is 17.9 Å². The molecule has 0 saturated carbocycles. The highest BCUT2D eigenvalue weighted by atomic mass is 16.3. The first-order valence-corrected chi connectivity index (χ1v) is 10.6. The number of nitrogens with one attached hydrogen (secondary N) is 2. The molecule has 2 rings (SSSR count). The molecule has 0 aromatic heterocycles. The van der Waals surface area contributed by atoms with E-state index in [1.165, 1.54) is 6.08 Å². The fourth-order valence-electron chi connectivity index (χ4n) is 3.21. The van der Waals surface area contributed by atoms with Crippen molar-refractivity contribution in [2.75, 3.05) is 0 Å². The third-order valence-corrected chi connectivity index (χ3v) is 4.98. The second-order valence-corrected chi connectivity index (χ2v) is 9.82. The zero-order chi connectivity index (χ0) is 23.2. The van der Waals surface area contributed by atoms with Crippen LogP contribution in [0.3, 0.4) is 0 Å². The van der Waals surface area contributed by atoms with Crippen molar-refractivity contribution in [3.63, 3.8) is 0 Å². The van der Waals surface area contributed by atoms with E-state index in [2.05, 4.69) is 52.4 Å². The topological polar surface area (TPSA) is 78.4 Å². The lowest BCUT2D eigenvalue weighted by Gasteiger charge is -2.28. The Morgan fingerprint density at radius 2 is 1.45 bits per heavy atom. The SMILES string of the molecule is CC(C)(C)c1cc(CCC(=O)NNC(=O)C=Cc2ccccc2)cc(C(C)(C)C)c1O. The van der Waals surface area contributed by atoms with Gasteiger partial charge in [-0.05, 0) is 45.6 Å². The van der Waals surface area contributed by atoms with E-state index in [1.54, 1.807) is 6.08 Å². The molecule has 2 aromatic carbocycles. The van der Waals surface area contributed by atoms with Gasteiger partial charge in [0, 0.05) is 12.5 Å². The van der Waals surface area contributed by atoms with Crippen LogP contribution in [-0.4, -0.2) is 16.9 Å². The normalized spacial score (nSPS) is 12.1. The molecule has 0 radical (unpaired) electrons. The number of aromatic hydroxyl groups is 1. The lowest BCUT2D eigenvalue weighted by atomic mass is 9.78. The summed E-state index contributed by atoms with van der Waals surface area (Å²) >= 11 is 0. The monoisotopic (exact) mass is 422 g/mol. The van der Waals surface area contributed by atoms with Crippen LogP contribution < -0.4 is 10.9 Å². The number of hydrazine groups is 1. The summed E-state index contributed by atoms with van der Waals surface area (Å²) in [5, 5.41) is 10.8. The number of carbonyl (C=O) groups is 2. The van der Waals surface area contributed by atoms with E-state index in [1.807, 2.05) is 42.5 Å². The molecule has 0 bridgehead atoms. The molecule has 5 nitrogen and oxygen atoms in total. The number of rotatable bonds is 5. The average Bonchev–Trinajstić information content (AvgIpc) is 2.68. The number of aryl methyl sites for hydroxylation is 1. The van der Waals surface area contributed by atoms with Gasteiger partial charge in [0.25, 0.3) is 5.91 Å². The standard InChI is InChI=1S/C26H34N2O3/c1-25(2,3)20-16-19(17-21(24(20)31)26(4,5)6)13-15-23(30)28-27-22(29)14-12-18-10-8-7-9-11-18/h7-12,14,16-17,31H,13,15H2,1-6H3,(H,27,29)(H,28,30). The molecule has 0 saturated heterocycles. The lowest BCUT2D eigenvalue weighted by molar-refractivity contribution is -0.126. The van der Waals surface area contributed by atoms with Gasteiger partial charge in [-0.15, -0.1) is 0 Å². The van der Waals surface area contributed by atoms with Crippen LogP contribution in [0.2, 0.25) is 0 Å². The molecule has 166 valence electrons.